The van der Waals surface area contributed by atoms with Gasteiger partial charge in [0.2, 0.25) is 17.7 Å². The maximum absolute atomic E-state index is 12.3. The molecule has 0 atom stereocenters. The minimum absolute atomic E-state index is 0.127. The van der Waals surface area contributed by atoms with Gasteiger partial charge in [-0.15, -0.1) is 10.2 Å². The minimum atomic E-state index is -0.317. The SMILES string of the molecule is Cc1ccc(-c2nnc(CCC(=O)NNC(=O)CN3CCCc4ccccc43)o2)cc1. The Balaban J connectivity index is 1.22. The minimum Gasteiger partial charge on any atom is -0.421 e. The summed E-state index contributed by atoms with van der Waals surface area (Å²) < 4.78 is 5.62. The molecule has 0 spiro atoms. The highest BCUT2D eigenvalue weighted by molar-refractivity contribution is 5.85. The lowest BCUT2D eigenvalue weighted by atomic mass is 10.0. The van der Waals surface area contributed by atoms with E-state index in [1.807, 2.05) is 54.3 Å². The predicted octanol–water partition coefficient (Wildman–Crippen LogP) is 2.58. The van der Waals surface area contributed by atoms with Crippen molar-refractivity contribution in [3.8, 4) is 11.5 Å². The molecule has 3 aromatic rings. The smallest absolute Gasteiger partial charge is 0.257 e. The summed E-state index contributed by atoms with van der Waals surface area (Å²) in [5, 5.41) is 8.02. The lowest BCUT2D eigenvalue weighted by Crippen LogP contribution is -2.47. The summed E-state index contributed by atoms with van der Waals surface area (Å²) >= 11 is 0. The van der Waals surface area contributed by atoms with Gasteiger partial charge in [-0.2, -0.15) is 0 Å². The van der Waals surface area contributed by atoms with Gasteiger partial charge in [-0.1, -0.05) is 35.9 Å². The van der Waals surface area contributed by atoms with Gasteiger partial charge in [0.15, 0.2) is 0 Å². The van der Waals surface area contributed by atoms with Gasteiger partial charge in [0.25, 0.3) is 5.91 Å². The third kappa shape index (κ3) is 5.28. The fourth-order valence-corrected chi connectivity index (χ4v) is 3.58. The average molecular weight is 419 g/mol. The van der Waals surface area contributed by atoms with Crippen LogP contribution in [0.2, 0.25) is 0 Å². The Morgan fingerprint density at radius 2 is 1.81 bits per heavy atom. The Kier molecular flexibility index (Phi) is 6.26. The van der Waals surface area contributed by atoms with E-state index < -0.39 is 0 Å². The van der Waals surface area contributed by atoms with E-state index >= 15 is 0 Å². The molecule has 8 heteroatoms. The maximum atomic E-state index is 12.3. The molecule has 31 heavy (non-hydrogen) atoms. The second-order valence-electron chi connectivity index (χ2n) is 7.62. The molecular formula is C23H25N5O3. The molecule has 2 heterocycles. The lowest BCUT2D eigenvalue weighted by Gasteiger charge is -2.30. The number of hydrogen-bond donors (Lipinski definition) is 2. The number of aryl methyl sites for hydroxylation is 3. The molecule has 0 aliphatic carbocycles. The molecular weight excluding hydrogens is 394 g/mol. The van der Waals surface area contributed by atoms with E-state index in [-0.39, 0.29) is 24.8 Å². The molecule has 2 amide bonds. The van der Waals surface area contributed by atoms with Gasteiger partial charge in [-0.25, -0.2) is 0 Å². The first-order valence-electron chi connectivity index (χ1n) is 10.4. The quantitative estimate of drug-likeness (QED) is 0.596. The lowest BCUT2D eigenvalue weighted by molar-refractivity contribution is -0.128. The molecule has 0 saturated heterocycles. The van der Waals surface area contributed by atoms with Gasteiger partial charge in [-0.05, 0) is 43.5 Å². The van der Waals surface area contributed by atoms with Crippen LogP contribution in [0, 0.1) is 6.92 Å². The number of carbonyl (C=O) groups is 2. The average Bonchev–Trinajstić information content (AvgIpc) is 3.26. The topological polar surface area (TPSA) is 100 Å². The number of benzene rings is 2. The van der Waals surface area contributed by atoms with E-state index in [9.17, 15) is 9.59 Å². The molecule has 1 aliphatic heterocycles. The predicted molar refractivity (Wildman–Crippen MR) is 116 cm³/mol. The Morgan fingerprint density at radius 3 is 2.65 bits per heavy atom. The van der Waals surface area contributed by atoms with E-state index in [0.717, 1.165) is 36.2 Å². The van der Waals surface area contributed by atoms with Crippen molar-refractivity contribution < 1.29 is 14.0 Å². The summed E-state index contributed by atoms with van der Waals surface area (Å²) in [5.41, 5.74) is 9.25. The van der Waals surface area contributed by atoms with Crippen molar-refractivity contribution in [1.82, 2.24) is 21.0 Å². The number of amides is 2. The van der Waals surface area contributed by atoms with E-state index in [2.05, 4.69) is 27.1 Å². The molecule has 0 saturated carbocycles. The number of nitrogens with one attached hydrogen (secondary N) is 2. The molecule has 0 bridgehead atoms. The van der Waals surface area contributed by atoms with Crippen LogP contribution in [-0.4, -0.2) is 35.1 Å². The van der Waals surface area contributed by atoms with Gasteiger partial charge in [0, 0.05) is 30.6 Å². The molecule has 2 aromatic carbocycles. The van der Waals surface area contributed by atoms with Crippen molar-refractivity contribution in [3.05, 3.63) is 65.5 Å². The normalized spacial score (nSPS) is 12.9. The van der Waals surface area contributed by atoms with E-state index in [4.69, 9.17) is 4.42 Å². The van der Waals surface area contributed by atoms with Crippen molar-refractivity contribution >= 4 is 17.5 Å². The number of hydrogen-bond acceptors (Lipinski definition) is 6. The molecule has 0 radical (unpaired) electrons. The number of rotatable bonds is 6. The fraction of sp³-hybridized carbons (Fsp3) is 0.304. The monoisotopic (exact) mass is 419 g/mol. The Morgan fingerprint density at radius 1 is 1.03 bits per heavy atom. The zero-order valence-corrected chi connectivity index (χ0v) is 17.4. The Hall–Kier alpha value is -3.68. The molecule has 1 aromatic heterocycles. The third-order valence-corrected chi connectivity index (χ3v) is 5.21. The van der Waals surface area contributed by atoms with Crippen molar-refractivity contribution in [3.63, 3.8) is 0 Å². The van der Waals surface area contributed by atoms with Gasteiger partial charge in [0.1, 0.15) is 0 Å². The highest BCUT2D eigenvalue weighted by Crippen LogP contribution is 2.26. The van der Waals surface area contributed by atoms with E-state index in [1.165, 1.54) is 5.56 Å². The summed E-state index contributed by atoms with van der Waals surface area (Å²) in [6.07, 6.45) is 2.44. The molecule has 0 fully saturated rings. The second-order valence-corrected chi connectivity index (χ2v) is 7.62. The Labute approximate surface area is 180 Å². The van der Waals surface area contributed by atoms with Crippen molar-refractivity contribution in [2.75, 3.05) is 18.0 Å². The summed E-state index contributed by atoms with van der Waals surface area (Å²) in [5.74, 6) is 0.222. The number of nitrogens with zero attached hydrogens (tertiary/aromatic N) is 3. The maximum Gasteiger partial charge on any atom is 0.257 e. The number of para-hydroxylation sites is 1. The van der Waals surface area contributed by atoms with Crippen LogP contribution in [0.15, 0.2) is 52.9 Å². The zero-order chi connectivity index (χ0) is 21.6. The van der Waals surface area contributed by atoms with Gasteiger partial charge < -0.3 is 9.32 Å². The number of fused-ring (bicyclic) bond motifs is 1. The Bertz CT molecular complexity index is 1060. The highest BCUT2D eigenvalue weighted by atomic mass is 16.4. The van der Waals surface area contributed by atoms with Gasteiger partial charge in [-0.3, -0.25) is 20.4 Å². The van der Waals surface area contributed by atoms with Crippen LogP contribution in [-0.2, 0) is 22.4 Å². The van der Waals surface area contributed by atoms with Crippen LogP contribution in [0.25, 0.3) is 11.5 Å². The fourth-order valence-electron chi connectivity index (χ4n) is 3.58. The van der Waals surface area contributed by atoms with Crippen LogP contribution >= 0.6 is 0 Å². The first kappa shape index (κ1) is 20.6. The molecule has 160 valence electrons. The molecule has 0 unspecified atom stereocenters. The van der Waals surface area contributed by atoms with Crippen LogP contribution in [0.4, 0.5) is 5.69 Å². The van der Waals surface area contributed by atoms with Crippen molar-refractivity contribution in [1.29, 1.82) is 0 Å². The molecule has 8 nitrogen and oxygen atoms in total. The van der Waals surface area contributed by atoms with Gasteiger partial charge >= 0.3 is 0 Å². The number of anilines is 1. The molecule has 1 aliphatic rings. The first-order valence-corrected chi connectivity index (χ1v) is 10.4. The summed E-state index contributed by atoms with van der Waals surface area (Å²) in [7, 11) is 0. The number of hydrazine groups is 1. The van der Waals surface area contributed by atoms with Crippen LogP contribution in [0.5, 0.6) is 0 Å². The summed E-state index contributed by atoms with van der Waals surface area (Å²) in [4.78, 5) is 26.4. The molecule has 2 N–H and O–H groups in total. The van der Waals surface area contributed by atoms with E-state index in [0.29, 0.717) is 18.2 Å². The molecule has 4 rings (SSSR count). The third-order valence-electron chi connectivity index (χ3n) is 5.21. The number of aromatic nitrogens is 2. The van der Waals surface area contributed by atoms with Crippen LogP contribution in [0.3, 0.4) is 0 Å². The summed E-state index contributed by atoms with van der Waals surface area (Å²) in [6, 6.07) is 15.9. The zero-order valence-electron chi connectivity index (χ0n) is 17.4. The summed E-state index contributed by atoms with van der Waals surface area (Å²) in [6.45, 7) is 3.02. The largest absolute Gasteiger partial charge is 0.421 e. The highest BCUT2D eigenvalue weighted by Gasteiger charge is 2.19. The van der Waals surface area contributed by atoms with E-state index in [1.54, 1.807) is 0 Å². The number of carbonyl (C=O) groups excluding carboxylic acids is 2. The standard InChI is InChI=1S/C23H25N5O3/c1-16-8-10-18(11-9-16)23-27-26-22(31-23)13-12-20(29)24-25-21(30)15-28-14-4-6-17-5-2-3-7-19(17)28/h2-3,5,7-11H,4,6,12-15H2,1H3,(H,24,29)(H,25,30). The van der Waals surface area contributed by atoms with Crippen molar-refractivity contribution in [2.45, 2.75) is 32.6 Å². The van der Waals surface area contributed by atoms with Crippen molar-refractivity contribution in [2.24, 2.45) is 0 Å². The van der Waals surface area contributed by atoms with Gasteiger partial charge in [0.05, 0.1) is 6.54 Å². The van der Waals surface area contributed by atoms with Crippen LogP contribution in [0.1, 0.15) is 29.9 Å². The van der Waals surface area contributed by atoms with Crippen LogP contribution < -0.4 is 15.8 Å². The second kappa shape index (κ2) is 9.42. The first-order chi connectivity index (χ1) is 15.1.